The number of hydrogen-bond donors (Lipinski definition) is 2. The van der Waals surface area contributed by atoms with Crippen LogP contribution in [0.2, 0.25) is 5.02 Å². The molecule has 2 aromatic rings. The molecule has 0 radical (unpaired) electrons. The van der Waals surface area contributed by atoms with Crippen LogP contribution in [-0.2, 0) is 0 Å². The minimum absolute atomic E-state index is 0.399. The second-order valence-electron chi connectivity index (χ2n) is 4.25. The van der Waals surface area contributed by atoms with E-state index in [0.717, 1.165) is 4.47 Å². The lowest BCUT2D eigenvalue weighted by Gasteiger charge is -2.14. The van der Waals surface area contributed by atoms with Gasteiger partial charge >= 0.3 is 6.03 Å². The molecule has 0 aliphatic rings. The second kappa shape index (κ2) is 7.38. The first-order valence-corrected chi connectivity index (χ1v) is 7.46. The molecule has 0 spiro atoms. The predicted octanol–water partition coefficient (Wildman–Crippen LogP) is 4.76. The van der Waals surface area contributed by atoms with Crippen molar-refractivity contribution >= 4 is 44.9 Å². The van der Waals surface area contributed by atoms with Crippen molar-refractivity contribution in [2.45, 2.75) is 0 Å². The van der Waals surface area contributed by atoms with Gasteiger partial charge in [-0.1, -0.05) is 23.7 Å². The molecule has 0 bridgehead atoms. The number of benzene rings is 2. The zero-order valence-corrected chi connectivity index (χ0v) is 14.3. The third kappa shape index (κ3) is 3.84. The fraction of sp³-hybridized carbons (Fsp3) is 0.133. The summed E-state index contributed by atoms with van der Waals surface area (Å²) in [5.74, 6) is 0.881. The van der Waals surface area contributed by atoms with Gasteiger partial charge in [-0.15, -0.1) is 0 Å². The number of amides is 2. The number of carbonyl (C=O) groups is 1. The van der Waals surface area contributed by atoms with Crippen molar-refractivity contribution in [1.29, 1.82) is 0 Å². The summed E-state index contributed by atoms with van der Waals surface area (Å²) in [6, 6.07) is 10.1. The molecular weight excluding hydrogens is 372 g/mol. The first-order valence-electron chi connectivity index (χ1n) is 6.29. The number of rotatable bonds is 4. The first kappa shape index (κ1) is 16.5. The maximum atomic E-state index is 12.1. The predicted molar refractivity (Wildman–Crippen MR) is 91.3 cm³/mol. The summed E-state index contributed by atoms with van der Waals surface area (Å²) < 4.78 is 11.1. The number of halogens is 2. The Morgan fingerprint density at radius 1 is 1.05 bits per heavy atom. The Hall–Kier alpha value is -1.92. The average Bonchev–Trinajstić information content (AvgIpc) is 2.50. The third-order valence-electron chi connectivity index (χ3n) is 2.84. The van der Waals surface area contributed by atoms with E-state index in [1.54, 1.807) is 18.2 Å². The zero-order valence-electron chi connectivity index (χ0n) is 11.9. The quantitative estimate of drug-likeness (QED) is 0.797. The Bertz CT molecular complexity index is 694. The molecule has 5 nitrogen and oxygen atoms in total. The lowest BCUT2D eigenvalue weighted by Crippen LogP contribution is -2.20. The number of para-hydroxylation sites is 1. The number of nitrogens with one attached hydrogen (secondary N) is 2. The maximum absolute atomic E-state index is 12.1. The summed E-state index contributed by atoms with van der Waals surface area (Å²) in [5, 5.41) is 5.84. The van der Waals surface area contributed by atoms with Crippen LogP contribution < -0.4 is 20.1 Å². The Balaban J connectivity index is 2.19. The molecule has 22 heavy (non-hydrogen) atoms. The van der Waals surface area contributed by atoms with Gasteiger partial charge in [-0.3, -0.25) is 0 Å². The highest BCUT2D eigenvalue weighted by Crippen LogP contribution is 2.36. The van der Waals surface area contributed by atoms with Gasteiger partial charge in [0.2, 0.25) is 0 Å². The van der Waals surface area contributed by atoms with E-state index in [1.165, 1.54) is 14.2 Å². The van der Waals surface area contributed by atoms with Gasteiger partial charge < -0.3 is 20.1 Å². The van der Waals surface area contributed by atoms with Crippen LogP contribution in [0.1, 0.15) is 0 Å². The molecule has 7 heteroatoms. The Morgan fingerprint density at radius 3 is 2.32 bits per heavy atom. The van der Waals surface area contributed by atoms with Crippen molar-refractivity contribution in [3.8, 4) is 11.5 Å². The summed E-state index contributed by atoms with van der Waals surface area (Å²) >= 11 is 9.39. The summed E-state index contributed by atoms with van der Waals surface area (Å²) in [6.45, 7) is 0. The van der Waals surface area contributed by atoms with Crippen LogP contribution in [0.4, 0.5) is 16.2 Å². The number of hydrogen-bond acceptors (Lipinski definition) is 3. The molecule has 116 valence electrons. The normalized spacial score (nSPS) is 10.0. The van der Waals surface area contributed by atoms with E-state index < -0.39 is 6.03 Å². The van der Waals surface area contributed by atoms with Crippen molar-refractivity contribution in [1.82, 2.24) is 0 Å². The van der Waals surface area contributed by atoms with Gasteiger partial charge in [-0.25, -0.2) is 4.79 Å². The van der Waals surface area contributed by atoms with E-state index >= 15 is 0 Å². The van der Waals surface area contributed by atoms with Crippen LogP contribution in [0.3, 0.4) is 0 Å². The molecular formula is C15H14BrClN2O3. The zero-order chi connectivity index (χ0) is 16.1. The summed E-state index contributed by atoms with van der Waals surface area (Å²) in [4.78, 5) is 12.1. The molecule has 2 aromatic carbocycles. The highest BCUT2D eigenvalue weighted by Gasteiger charge is 2.13. The molecule has 0 unspecified atom stereocenters. The van der Waals surface area contributed by atoms with E-state index in [4.69, 9.17) is 21.1 Å². The smallest absolute Gasteiger partial charge is 0.323 e. The molecule has 2 rings (SSSR count). The van der Waals surface area contributed by atoms with Gasteiger partial charge in [-0.05, 0) is 28.1 Å². The minimum Gasteiger partial charge on any atom is -0.495 e. The maximum Gasteiger partial charge on any atom is 0.323 e. The van der Waals surface area contributed by atoms with Gasteiger partial charge in [0.05, 0.1) is 30.6 Å². The number of ether oxygens (including phenoxy) is 2. The molecule has 0 heterocycles. The number of anilines is 2. The van der Waals surface area contributed by atoms with Crippen molar-refractivity contribution in [3.05, 3.63) is 45.9 Å². The first-order chi connectivity index (χ1) is 10.5. The van der Waals surface area contributed by atoms with E-state index in [0.29, 0.717) is 27.9 Å². The fourth-order valence-corrected chi connectivity index (χ4v) is 2.41. The van der Waals surface area contributed by atoms with E-state index in [2.05, 4.69) is 26.6 Å². The van der Waals surface area contributed by atoms with Gasteiger partial charge in [0.15, 0.2) is 0 Å². The molecule has 0 fully saturated rings. The summed E-state index contributed by atoms with van der Waals surface area (Å²) in [6.07, 6.45) is 0. The fourth-order valence-electron chi connectivity index (χ4n) is 1.80. The number of carbonyl (C=O) groups excluding carboxylic acids is 1. The molecule has 2 amide bonds. The lowest BCUT2D eigenvalue weighted by molar-refractivity contribution is 0.262. The Kier molecular flexibility index (Phi) is 5.51. The van der Waals surface area contributed by atoms with Crippen LogP contribution >= 0.6 is 27.5 Å². The molecule has 0 saturated heterocycles. The highest BCUT2D eigenvalue weighted by atomic mass is 79.9. The third-order valence-corrected chi connectivity index (χ3v) is 3.83. The SMILES string of the molecule is COc1cc(NC(=O)Nc2ccccc2Br)c(OC)cc1Cl. The number of methoxy groups -OCH3 is 2. The molecule has 0 aromatic heterocycles. The van der Waals surface area contributed by atoms with Crippen LogP contribution in [0.15, 0.2) is 40.9 Å². The van der Waals surface area contributed by atoms with Crippen LogP contribution in [0.5, 0.6) is 11.5 Å². The van der Waals surface area contributed by atoms with E-state index in [1.807, 2.05) is 18.2 Å². The van der Waals surface area contributed by atoms with E-state index in [-0.39, 0.29) is 0 Å². The average molecular weight is 386 g/mol. The molecule has 0 atom stereocenters. The summed E-state index contributed by atoms with van der Waals surface area (Å²) in [5.41, 5.74) is 1.10. The van der Waals surface area contributed by atoms with Crippen molar-refractivity contribution in [2.75, 3.05) is 24.9 Å². The highest BCUT2D eigenvalue weighted by molar-refractivity contribution is 9.10. The standard InChI is InChI=1S/C15H14BrClN2O3/c1-21-13-8-12(14(22-2)7-10(13)17)19-15(20)18-11-6-4-3-5-9(11)16/h3-8H,1-2H3,(H2,18,19,20). The largest absolute Gasteiger partial charge is 0.495 e. The van der Waals surface area contributed by atoms with Crippen LogP contribution in [0, 0.1) is 0 Å². The van der Waals surface area contributed by atoms with Gasteiger partial charge in [-0.2, -0.15) is 0 Å². The molecule has 2 N–H and O–H groups in total. The lowest BCUT2D eigenvalue weighted by atomic mass is 10.2. The van der Waals surface area contributed by atoms with Crippen LogP contribution in [0.25, 0.3) is 0 Å². The monoisotopic (exact) mass is 384 g/mol. The number of urea groups is 1. The minimum atomic E-state index is -0.408. The molecule has 0 saturated carbocycles. The molecule has 0 aliphatic carbocycles. The van der Waals surface area contributed by atoms with Crippen molar-refractivity contribution in [2.24, 2.45) is 0 Å². The summed E-state index contributed by atoms with van der Waals surface area (Å²) in [7, 11) is 2.99. The topological polar surface area (TPSA) is 59.6 Å². The van der Waals surface area contributed by atoms with Gasteiger partial charge in [0.25, 0.3) is 0 Å². The second-order valence-corrected chi connectivity index (χ2v) is 5.51. The van der Waals surface area contributed by atoms with E-state index in [9.17, 15) is 4.79 Å². The van der Waals surface area contributed by atoms with Gasteiger partial charge in [0.1, 0.15) is 11.5 Å². The van der Waals surface area contributed by atoms with Crippen LogP contribution in [-0.4, -0.2) is 20.3 Å². The van der Waals surface area contributed by atoms with Crippen molar-refractivity contribution in [3.63, 3.8) is 0 Å². The van der Waals surface area contributed by atoms with Gasteiger partial charge in [0, 0.05) is 16.6 Å². The Labute approximate surface area is 141 Å². The Morgan fingerprint density at radius 2 is 1.68 bits per heavy atom. The molecule has 0 aliphatic heterocycles. The van der Waals surface area contributed by atoms with Crippen molar-refractivity contribution < 1.29 is 14.3 Å².